The van der Waals surface area contributed by atoms with Crippen LogP contribution in [-0.2, 0) is 0 Å². The third-order valence-corrected chi connectivity index (χ3v) is 6.95. The summed E-state index contributed by atoms with van der Waals surface area (Å²) < 4.78 is 27.0. The molecule has 0 saturated carbocycles. The predicted octanol–water partition coefficient (Wildman–Crippen LogP) is 5.27. The smallest absolute Gasteiger partial charge is 0.272 e. The standard InChI is InChI=1S/C30H31FN4O3/c1-20-9-12-26(21(2)17-20)35-28(19-25(32-35)23-11-10-22(37-3)18-29(23)38-4)30(36)34-15-13-33(14-16-34)27-8-6-5-7-24(27)31/h5-12,17-19H,13-16H2,1-4H3. The first-order chi connectivity index (χ1) is 18.4. The number of aromatic nitrogens is 2. The molecule has 1 aliphatic rings. The number of carbonyl (C=O) groups is 1. The van der Waals surface area contributed by atoms with E-state index in [1.54, 1.807) is 37.1 Å². The summed E-state index contributed by atoms with van der Waals surface area (Å²) in [6.45, 7) is 6.10. The van der Waals surface area contributed by atoms with Gasteiger partial charge in [0.2, 0.25) is 0 Å². The van der Waals surface area contributed by atoms with Crippen molar-refractivity contribution >= 4 is 11.6 Å². The molecule has 0 N–H and O–H groups in total. The number of hydrogen-bond acceptors (Lipinski definition) is 5. The molecule has 1 amide bonds. The SMILES string of the molecule is COc1ccc(-c2cc(C(=O)N3CCN(c4ccccc4F)CC3)n(-c3ccc(C)cc3C)n2)c(OC)c1. The molecule has 0 unspecified atom stereocenters. The van der Waals surface area contributed by atoms with E-state index in [2.05, 4.69) is 6.07 Å². The van der Waals surface area contributed by atoms with Crippen LogP contribution >= 0.6 is 0 Å². The van der Waals surface area contributed by atoms with Gasteiger partial charge in [-0.15, -0.1) is 0 Å². The minimum absolute atomic E-state index is 0.121. The highest BCUT2D eigenvalue weighted by Gasteiger charge is 2.28. The van der Waals surface area contributed by atoms with E-state index >= 15 is 0 Å². The summed E-state index contributed by atoms with van der Waals surface area (Å²) in [6.07, 6.45) is 0. The average molecular weight is 515 g/mol. The molecule has 0 atom stereocenters. The molecule has 0 radical (unpaired) electrons. The fourth-order valence-electron chi connectivity index (χ4n) is 4.92. The second-order valence-corrected chi connectivity index (χ2v) is 9.41. The summed E-state index contributed by atoms with van der Waals surface area (Å²) in [5.74, 6) is 0.901. The molecule has 196 valence electrons. The topological polar surface area (TPSA) is 59.8 Å². The van der Waals surface area contributed by atoms with Crippen LogP contribution in [0.15, 0.2) is 66.7 Å². The van der Waals surface area contributed by atoms with Crippen LogP contribution in [0.5, 0.6) is 11.5 Å². The van der Waals surface area contributed by atoms with Gasteiger partial charge < -0.3 is 19.3 Å². The van der Waals surface area contributed by atoms with Crippen LogP contribution in [0, 0.1) is 19.7 Å². The number of hydrogen-bond donors (Lipinski definition) is 0. The van der Waals surface area contributed by atoms with Gasteiger partial charge >= 0.3 is 0 Å². The Balaban J connectivity index is 1.50. The highest BCUT2D eigenvalue weighted by Crippen LogP contribution is 2.34. The Hall–Kier alpha value is -4.33. The number of aryl methyl sites for hydroxylation is 2. The number of halogens is 1. The first-order valence-corrected chi connectivity index (χ1v) is 12.6. The predicted molar refractivity (Wildman–Crippen MR) is 146 cm³/mol. The van der Waals surface area contributed by atoms with Gasteiger partial charge in [-0.2, -0.15) is 5.10 Å². The second kappa shape index (κ2) is 10.6. The highest BCUT2D eigenvalue weighted by molar-refractivity contribution is 5.95. The van der Waals surface area contributed by atoms with Gasteiger partial charge in [-0.3, -0.25) is 4.79 Å². The van der Waals surface area contributed by atoms with Gasteiger partial charge in [-0.1, -0.05) is 29.8 Å². The van der Waals surface area contributed by atoms with Crippen molar-refractivity contribution in [1.29, 1.82) is 0 Å². The van der Waals surface area contributed by atoms with Crippen molar-refractivity contribution in [2.24, 2.45) is 0 Å². The number of ether oxygens (including phenoxy) is 2. The first kappa shape index (κ1) is 25.3. The summed E-state index contributed by atoms with van der Waals surface area (Å²) in [5.41, 5.74) is 5.39. The summed E-state index contributed by atoms with van der Waals surface area (Å²) in [7, 11) is 3.20. The Morgan fingerprint density at radius 2 is 1.63 bits per heavy atom. The Morgan fingerprint density at radius 3 is 2.32 bits per heavy atom. The number of nitrogens with zero attached hydrogens (tertiary/aromatic N) is 4. The van der Waals surface area contributed by atoms with E-state index in [-0.39, 0.29) is 11.7 Å². The Morgan fingerprint density at radius 1 is 0.868 bits per heavy atom. The summed E-state index contributed by atoms with van der Waals surface area (Å²) in [4.78, 5) is 17.7. The maximum Gasteiger partial charge on any atom is 0.272 e. The van der Waals surface area contributed by atoms with Gasteiger partial charge in [0, 0.05) is 37.8 Å². The Kier molecular flexibility index (Phi) is 7.05. The number of piperazine rings is 1. The molecule has 1 aromatic heterocycles. The maximum absolute atomic E-state index is 14.3. The normalized spacial score (nSPS) is 13.5. The third kappa shape index (κ3) is 4.81. The number of anilines is 1. The zero-order valence-corrected chi connectivity index (χ0v) is 22.1. The number of carbonyl (C=O) groups excluding carboxylic acids is 1. The average Bonchev–Trinajstić information content (AvgIpc) is 3.37. The largest absolute Gasteiger partial charge is 0.497 e. The number of benzene rings is 3. The first-order valence-electron chi connectivity index (χ1n) is 12.6. The van der Waals surface area contributed by atoms with Crippen molar-refractivity contribution in [1.82, 2.24) is 14.7 Å². The second-order valence-electron chi connectivity index (χ2n) is 9.41. The maximum atomic E-state index is 14.3. The summed E-state index contributed by atoms with van der Waals surface area (Å²) >= 11 is 0. The van der Waals surface area contributed by atoms with Gasteiger partial charge in [-0.25, -0.2) is 9.07 Å². The summed E-state index contributed by atoms with van der Waals surface area (Å²) in [6, 6.07) is 20.2. The highest BCUT2D eigenvalue weighted by atomic mass is 19.1. The lowest BCUT2D eigenvalue weighted by atomic mass is 10.1. The van der Waals surface area contributed by atoms with Crippen molar-refractivity contribution < 1.29 is 18.7 Å². The molecule has 4 aromatic rings. The zero-order chi connectivity index (χ0) is 26.8. The Labute approximate surface area is 222 Å². The van der Waals surface area contributed by atoms with E-state index in [1.807, 2.05) is 60.0 Å². The molecule has 0 bridgehead atoms. The van der Waals surface area contributed by atoms with Crippen molar-refractivity contribution in [2.75, 3.05) is 45.3 Å². The van der Waals surface area contributed by atoms with E-state index in [4.69, 9.17) is 14.6 Å². The van der Waals surface area contributed by atoms with Crippen molar-refractivity contribution in [3.63, 3.8) is 0 Å². The van der Waals surface area contributed by atoms with Gasteiger partial charge in [0.1, 0.15) is 23.0 Å². The van der Waals surface area contributed by atoms with Crippen LogP contribution in [0.2, 0.25) is 0 Å². The minimum atomic E-state index is -0.252. The molecule has 2 heterocycles. The Bertz CT molecular complexity index is 1470. The van der Waals surface area contributed by atoms with Crippen LogP contribution in [0.25, 0.3) is 16.9 Å². The molecule has 3 aromatic carbocycles. The van der Waals surface area contributed by atoms with E-state index in [1.165, 1.54) is 6.07 Å². The molecule has 38 heavy (non-hydrogen) atoms. The molecular formula is C30H31FN4O3. The zero-order valence-electron chi connectivity index (χ0n) is 22.1. The molecule has 0 aliphatic carbocycles. The number of rotatable bonds is 6. The molecule has 1 aliphatic heterocycles. The van der Waals surface area contributed by atoms with Crippen LogP contribution in [0.1, 0.15) is 21.6 Å². The van der Waals surface area contributed by atoms with Gasteiger partial charge in [0.05, 0.1) is 31.3 Å². The number of methoxy groups -OCH3 is 2. The monoisotopic (exact) mass is 514 g/mol. The number of para-hydroxylation sites is 1. The van der Waals surface area contributed by atoms with Crippen LogP contribution < -0.4 is 14.4 Å². The van der Waals surface area contributed by atoms with Gasteiger partial charge in [0.15, 0.2) is 0 Å². The van der Waals surface area contributed by atoms with Crippen LogP contribution in [0.4, 0.5) is 10.1 Å². The lowest BCUT2D eigenvalue weighted by Gasteiger charge is -2.36. The minimum Gasteiger partial charge on any atom is -0.497 e. The lowest BCUT2D eigenvalue weighted by Crippen LogP contribution is -2.49. The molecule has 8 heteroatoms. The van der Waals surface area contributed by atoms with Crippen LogP contribution in [0.3, 0.4) is 0 Å². The summed E-state index contributed by atoms with van der Waals surface area (Å²) in [5, 5.41) is 4.88. The van der Waals surface area contributed by atoms with E-state index in [9.17, 15) is 9.18 Å². The van der Waals surface area contributed by atoms with Crippen molar-refractivity contribution in [2.45, 2.75) is 13.8 Å². The fourth-order valence-corrected chi connectivity index (χ4v) is 4.92. The molecule has 0 spiro atoms. The third-order valence-electron chi connectivity index (χ3n) is 6.95. The number of amides is 1. The van der Waals surface area contributed by atoms with Crippen molar-refractivity contribution in [3.8, 4) is 28.4 Å². The molecule has 1 saturated heterocycles. The fraction of sp³-hybridized carbons (Fsp3) is 0.267. The molecular weight excluding hydrogens is 483 g/mol. The van der Waals surface area contributed by atoms with Gasteiger partial charge in [0.25, 0.3) is 5.91 Å². The molecule has 5 rings (SSSR count). The van der Waals surface area contributed by atoms with Crippen LogP contribution in [-0.4, -0.2) is 61.0 Å². The van der Waals surface area contributed by atoms with E-state index in [0.717, 1.165) is 22.4 Å². The van der Waals surface area contributed by atoms with E-state index < -0.39 is 0 Å². The van der Waals surface area contributed by atoms with Gasteiger partial charge in [-0.05, 0) is 55.8 Å². The molecule has 7 nitrogen and oxygen atoms in total. The lowest BCUT2D eigenvalue weighted by molar-refractivity contribution is 0.0737. The van der Waals surface area contributed by atoms with E-state index in [0.29, 0.717) is 54.8 Å². The quantitative estimate of drug-likeness (QED) is 0.351. The molecule has 1 fully saturated rings. The van der Waals surface area contributed by atoms with Crippen molar-refractivity contribution in [3.05, 3.63) is 89.4 Å².